The van der Waals surface area contributed by atoms with Crippen LogP contribution >= 0.6 is 0 Å². The summed E-state index contributed by atoms with van der Waals surface area (Å²) in [4.78, 5) is 12.3. The standard InChI is InChI=1S/C17H20N2O3/c1-11(18)12-5-4-6-14(9-12)19-17(20)13-7-8-15(21-2)16(10-13)22-3/h4-11H,18H2,1-3H3,(H,19,20). The molecule has 0 aliphatic rings. The van der Waals surface area contributed by atoms with Gasteiger partial charge in [-0.25, -0.2) is 0 Å². The smallest absolute Gasteiger partial charge is 0.255 e. The predicted molar refractivity (Wildman–Crippen MR) is 86.5 cm³/mol. The van der Waals surface area contributed by atoms with Crippen molar-refractivity contribution in [3.63, 3.8) is 0 Å². The SMILES string of the molecule is COc1ccc(C(=O)Nc2cccc(C(C)N)c2)cc1OC. The number of nitrogens with one attached hydrogen (secondary N) is 1. The van der Waals surface area contributed by atoms with Gasteiger partial charge in [0.25, 0.3) is 5.91 Å². The molecule has 0 heterocycles. The first-order valence-corrected chi connectivity index (χ1v) is 6.94. The van der Waals surface area contributed by atoms with E-state index in [1.165, 1.54) is 7.11 Å². The lowest BCUT2D eigenvalue weighted by Gasteiger charge is -2.11. The Morgan fingerprint density at radius 3 is 2.45 bits per heavy atom. The van der Waals surface area contributed by atoms with E-state index >= 15 is 0 Å². The summed E-state index contributed by atoms with van der Waals surface area (Å²) < 4.78 is 10.4. The van der Waals surface area contributed by atoms with Gasteiger partial charge in [-0.1, -0.05) is 12.1 Å². The van der Waals surface area contributed by atoms with E-state index in [-0.39, 0.29) is 11.9 Å². The van der Waals surface area contributed by atoms with Crippen molar-refractivity contribution in [2.24, 2.45) is 5.73 Å². The third kappa shape index (κ3) is 3.56. The highest BCUT2D eigenvalue weighted by molar-refractivity contribution is 6.04. The van der Waals surface area contributed by atoms with Crippen LogP contribution in [0, 0.1) is 0 Å². The van der Waals surface area contributed by atoms with E-state index in [0.717, 1.165) is 5.56 Å². The van der Waals surface area contributed by atoms with Crippen molar-refractivity contribution < 1.29 is 14.3 Å². The Morgan fingerprint density at radius 2 is 1.82 bits per heavy atom. The monoisotopic (exact) mass is 300 g/mol. The predicted octanol–water partition coefficient (Wildman–Crippen LogP) is 2.98. The van der Waals surface area contributed by atoms with Crippen molar-refractivity contribution in [3.05, 3.63) is 53.6 Å². The highest BCUT2D eigenvalue weighted by Crippen LogP contribution is 2.28. The Kier molecular flexibility index (Phi) is 5.01. The van der Waals surface area contributed by atoms with Gasteiger partial charge >= 0.3 is 0 Å². The molecule has 1 atom stereocenters. The number of methoxy groups -OCH3 is 2. The van der Waals surface area contributed by atoms with Crippen molar-refractivity contribution in [2.45, 2.75) is 13.0 Å². The van der Waals surface area contributed by atoms with Gasteiger partial charge in [0.05, 0.1) is 14.2 Å². The summed E-state index contributed by atoms with van der Waals surface area (Å²) in [7, 11) is 3.09. The Bertz CT molecular complexity index is 669. The molecule has 0 aliphatic heterocycles. The summed E-state index contributed by atoms with van der Waals surface area (Å²) >= 11 is 0. The molecule has 0 aromatic heterocycles. The number of benzene rings is 2. The van der Waals surface area contributed by atoms with Gasteiger partial charge in [0.2, 0.25) is 0 Å². The number of rotatable bonds is 5. The molecule has 2 aromatic rings. The molecule has 2 rings (SSSR count). The largest absolute Gasteiger partial charge is 0.493 e. The van der Waals surface area contributed by atoms with E-state index in [1.54, 1.807) is 25.3 Å². The number of amides is 1. The average Bonchev–Trinajstić information content (AvgIpc) is 2.54. The topological polar surface area (TPSA) is 73.6 Å². The lowest BCUT2D eigenvalue weighted by molar-refractivity contribution is 0.102. The highest BCUT2D eigenvalue weighted by atomic mass is 16.5. The van der Waals surface area contributed by atoms with Crippen molar-refractivity contribution in [3.8, 4) is 11.5 Å². The van der Waals surface area contributed by atoms with Gasteiger partial charge in [-0.2, -0.15) is 0 Å². The number of carbonyl (C=O) groups excluding carboxylic acids is 1. The maximum Gasteiger partial charge on any atom is 0.255 e. The third-order valence-corrected chi connectivity index (χ3v) is 3.32. The zero-order valence-corrected chi connectivity index (χ0v) is 12.9. The fourth-order valence-corrected chi connectivity index (χ4v) is 2.08. The second-order valence-corrected chi connectivity index (χ2v) is 4.94. The van der Waals surface area contributed by atoms with Crippen LogP contribution in [0.2, 0.25) is 0 Å². The molecule has 0 radical (unpaired) electrons. The van der Waals surface area contributed by atoms with Gasteiger partial charge in [0, 0.05) is 17.3 Å². The molecule has 0 spiro atoms. The van der Waals surface area contributed by atoms with Gasteiger partial charge in [-0.15, -0.1) is 0 Å². The van der Waals surface area contributed by atoms with Crippen LogP contribution in [0.5, 0.6) is 11.5 Å². The van der Waals surface area contributed by atoms with E-state index in [4.69, 9.17) is 15.2 Å². The maximum absolute atomic E-state index is 12.3. The van der Waals surface area contributed by atoms with Crippen molar-refractivity contribution in [1.29, 1.82) is 0 Å². The second kappa shape index (κ2) is 6.95. The third-order valence-electron chi connectivity index (χ3n) is 3.32. The van der Waals surface area contributed by atoms with Crippen LogP contribution in [0.3, 0.4) is 0 Å². The first-order valence-electron chi connectivity index (χ1n) is 6.94. The number of nitrogens with two attached hydrogens (primary N) is 1. The van der Waals surface area contributed by atoms with Crippen LogP contribution in [-0.4, -0.2) is 20.1 Å². The lowest BCUT2D eigenvalue weighted by atomic mass is 10.1. The molecule has 3 N–H and O–H groups in total. The molecule has 1 amide bonds. The molecule has 5 heteroatoms. The van der Waals surface area contributed by atoms with Crippen LogP contribution in [0.25, 0.3) is 0 Å². The Morgan fingerprint density at radius 1 is 1.09 bits per heavy atom. The summed E-state index contributed by atoms with van der Waals surface area (Å²) in [6, 6.07) is 12.4. The summed E-state index contributed by atoms with van der Waals surface area (Å²) in [6.45, 7) is 1.90. The van der Waals surface area contributed by atoms with Gasteiger partial charge in [-0.05, 0) is 42.8 Å². The lowest BCUT2D eigenvalue weighted by Crippen LogP contribution is -2.13. The van der Waals surface area contributed by atoms with Crippen LogP contribution in [0.4, 0.5) is 5.69 Å². The van der Waals surface area contributed by atoms with E-state index in [0.29, 0.717) is 22.7 Å². The van der Waals surface area contributed by atoms with E-state index in [2.05, 4.69) is 5.32 Å². The van der Waals surface area contributed by atoms with Gasteiger partial charge in [-0.3, -0.25) is 4.79 Å². The molecule has 0 saturated heterocycles. The molecule has 22 heavy (non-hydrogen) atoms. The number of hydrogen-bond acceptors (Lipinski definition) is 4. The summed E-state index contributed by atoms with van der Waals surface area (Å²) in [5, 5.41) is 2.85. The highest BCUT2D eigenvalue weighted by Gasteiger charge is 2.11. The summed E-state index contributed by atoms with van der Waals surface area (Å²) in [5.41, 5.74) is 8.01. The molecule has 2 aromatic carbocycles. The number of hydrogen-bond donors (Lipinski definition) is 2. The van der Waals surface area contributed by atoms with Crippen LogP contribution in [-0.2, 0) is 0 Å². The van der Waals surface area contributed by atoms with Crippen LogP contribution in [0.1, 0.15) is 28.9 Å². The van der Waals surface area contributed by atoms with E-state index < -0.39 is 0 Å². The fraction of sp³-hybridized carbons (Fsp3) is 0.235. The zero-order valence-electron chi connectivity index (χ0n) is 12.9. The van der Waals surface area contributed by atoms with Gasteiger partial charge < -0.3 is 20.5 Å². The minimum atomic E-state index is -0.220. The van der Waals surface area contributed by atoms with Crippen LogP contribution in [0.15, 0.2) is 42.5 Å². The Labute approximate surface area is 130 Å². The Hall–Kier alpha value is -2.53. The van der Waals surface area contributed by atoms with Gasteiger partial charge in [0.15, 0.2) is 11.5 Å². The first-order chi connectivity index (χ1) is 10.5. The second-order valence-electron chi connectivity index (χ2n) is 4.94. The molecule has 5 nitrogen and oxygen atoms in total. The van der Waals surface area contributed by atoms with Crippen molar-refractivity contribution >= 4 is 11.6 Å². The first kappa shape index (κ1) is 15.9. The van der Waals surface area contributed by atoms with Crippen molar-refractivity contribution in [1.82, 2.24) is 0 Å². The summed E-state index contributed by atoms with van der Waals surface area (Å²) in [5.74, 6) is 0.875. The number of anilines is 1. The molecule has 0 saturated carbocycles. The van der Waals surface area contributed by atoms with Crippen LogP contribution < -0.4 is 20.5 Å². The van der Waals surface area contributed by atoms with Gasteiger partial charge in [0.1, 0.15) is 0 Å². The average molecular weight is 300 g/mol. The van der Waals surface area contributed by atoms with E-state index in [1.807, 2.05) is 31.2 Å². The fourth-order valence-electron chi connectivity index (χ4n) is 2.08. The normalized spacial score (nSPS) is 11.6. The minimum Gasteiger partial charge on any atom is -0.493 e. The quantitative estimate of drug-likeness (QED) is 0.890. The number of ether oxygens (including phenoxy) is 2. The molecular weight excluding hydrogens is 280 g/mol. The molecule has 0 fully saturated rings. The molecule has 0 bridgehead atoms. The molecule has 1 unspecified atom stereocenters. The maximum atomic E-state index is 12.3. The number of carbonyl (C=O) groups is 1. The van der Waals surface area contributed by atoms with E-state index in [9.17, 15) is 4.79 Å². The minimum absolute atomic E-state index is 0.0852. The Balaban J connectivity index is 2.20. The summed E-state index contributed by atoms with van der Waals surface area (Å²) in [6.07, 6.45) is 0. The molecule has 0 aliphatic carbocycles. The molecule has 116 valence electrons. The zero-order chi connectivity index (χ0) is 16.1. The molecular formula is C17H20N2O3. The van der Waals surface area contributed by atoms with Crippen molar-refractivity contribution in [2.75, 3.05) is 19.5 Å².